The molecule has 1 amide bonds. The first-order valence-corrected chi connectivity index (χ1v) is 13.3. The van der Waals surface area contributed by atoms with Crippen molar-refractivity contribution < 1.29 is 21.6 Å². The van der Waals surface area contributed by atoms with Crippen LogP contribution in [0.1, 0.15) is 16.1 Å². The van der Waals surface area contributed by atoms with Crippen molar-refractivity contribution in [1.82, 2.24) is 9.97 Å². The van der Waals surface area contributed by atoms with Gasteiger partial charge in [-0.25, -0.2) is 31.5 Å². The predicted octanol–water partition coefficient (Wildman–Crippen LogP) is 2.79. The lowest BCUT2D eigenvalue weighted by Gasteiger charge is -2.20. The second kappa shape index (κ2) is 10.0. The molecule has 178 valence electrons. The molecule has 0 aliphatic heterocycles. The number of aryl methyl sites for hydroxylation is 1. The van der Waals surface area contributed by atoms with Crippen molar-refractivity contribution in [1.29, 1.82) is 0 Å². The van der Waals surface area contributed by atoms with Crippen LogP contribution in [0.3, 0.4) is 0 Å². The van der Waals surface area contributed by atoms with Gasteiger partial charge in [0.05, 0.1) is 23.4 Å². The van der Waals surface area contributed by atoms with E-state index in [1.807, 2.05) is 0 Å². The fourth-order valence-corrected chi connectivity index (χ4v) is 4.76. The number of hydrogen-bond acceptors (Lipinski definition) is 7. The van der Waals surface area contributed by atoms with E-state index in [0.717, 1.165) is 10.6 Å². The highest BCUT2D eigenvalue weighted by Gasteiger charge is 2.18. The van der Waals surface area contributed by atoms with Gasteiger partial charge in [-0.1, -0.05) is 6.08 Å². The smallest absolute Gasteiger partial charge is 0.264 e. The van der Waals surface area contributed by atoms with Crippen LogP contribution >= 0.6 is 0 Å². The van der Waals surface area contributed by atoms with E-state index in [1.54, 1.807) is 13.0 Å². The molecule has 0 aliphatic rings. The van der Waals surface area contributed by atoms with E-state index in [-0.39, 0.29) is 17.4 Å². The Morgan fingerprint density at radius 1 is 1.03 bits per heavy atom. The Labute approximate surface area is 198 Å². The predicted molar refractivity (Wildman–Crippen MR) is 131 cm³/mol. The Hall–Kier alpha value is -3.77. The van der Waals surface area contributed by atoms with Crippen molar-refractivity contribution in [3.8, 4) is 0 Å². The zero-order chi connectivity index (χ0) is 24.9. The van der Waals surface area contributed by atoms with E-state index in [2.05, 4.69) is 26.6 Å². The first-order chi connectivity index (χ1) is 16.0. The highest BCUT2D eigenvalue weighted by molar-refractivity contribution is 7.92. The second-order valence-electron chi connectivity index (χ2n) is 7.24. The summed E-state index contributed by atoms with van der Waals surface area (Å²) in [6.07, 6.45) is 4.00. The van der Waals surface area contributed by atoms with E-state index in [9.17, 15) is 21.6 Å². The van der Waals surface area contributed by atoms with Gasteiger partial charge in [-0.2, -0.15) is 0 Å². The SMILES string of the molecule is C=CCN(c1ccc(C(=O)Nc2ccc(S(=O)(=O)Nc3nccc(C)n3)cc2)cc1)S(C)(=O)=O. The van der Waals surface area contributed by atoms with Gasteiger partial charge in [0.15, 0.2) is 0 Å². The maximum Gasteiger partial charge on any atom is 0.264 e. The lowest BCUT2D eigenvalue weighted by atomic mass is 10.2. The molecule has 0 atom stereocenters. The van der Waals surface area contributed by atoms with Crippen molar-refractivity contribution in [3.63, 3.8) is 0 Å². The van der Waals surface area contributed by atoms with Gasteiger partial charge in [0, 0.05) is 23.1 Å². The number of sulfonamides is 2. The first-order valence-electron chi connectivity index (χ1n) is 9.92. The van der Waals surface area contributed by atoms with E-state index in [1.165, 1.54) is 60.8 Å². The molecular formula is C22H23N5O5S2. The molecule has 12 heteroatoms. The first kappa shape index (κ1) is 24.9. The third-order valence-corrected chi connectivity index (χ3v) is 7.06. The quantitative estimate of drug-likeness (QED) is 0.430. The van der Waals surface area contributed by atoms with Crippen LogP contribution < -0.4 is 14.3 Å². The minimum atomic E-state index is -3.91. The lowest BCUT2D eigenvalue weighted by molar-refractivity contribution is 0.102. The molecule has 0 spiro atoms. The molecule has 10 nitrogen and oxygen atoms in total. The number of anilines is 3. The number of aromatic nitrogens is 2. The average molecular weight is 502 g/mol. The van der Waals surface area contributed by atoms with Crippen LogP contribution in [0, 0.1) is 6.92 Å². The van der Waals surface area contributed by atoms with Gasteiger partial charge >= 0.3 is 0 Å². The van der Waals surface area contributed by atoms with Crippen LogP contribution in [0.5, 0.6) is 0 Å². The molecule has 0 saturated heterocycles. The number of amides is 1. The van der Waals surface area contributed by atoms with Gasteiger partial charge in [-0.05, 0) is 61.5 Å². The Bertz CT molecular complexity index is 1400. The Morgan fingerprint density at radius 3 is 2.24 bits per heavy atom. The summed E-state index contributed by atoms with van der Waals surface area (Å²) in [6.45, 7) is 5.38. The molecule has 3 rings (SSSR count). The number of nitrogens with one attached hydrogen (secondary N) is 2. The third kappa shape index (κ3) is 6.17. The topological polar surface area (TPSA) is 138 Å². The van der Waals surface area contributed by atoms with Crippen LogP contribution in [-0.2, 0) is 20.0 Å². The standard InChI is InChI=1S/C22H23N5O5S2/c1-4-15-27(33(3,29)30)19-9-5-17(6-10-19)21(28)25-18-7-11-20(12-8-18)34(31,32)26-22-23-14-13-16(2)24-22/h4-14H,1,15H2,2-3H3,(H,25,28)(H,23,24,26). The van der Waals surface area contributed by atoms with E-state index in [4.69, 9.17) is 0 Å². The molecule has 0 saturated carbocycles. The summed E-state index contributed by atoms with van der Waals surface area (Å²) < 4.78 is 52.4. The van der Waals surface area contributed by atoms with Crippen LogP contribution in [-0.4, -0.2) is 45.5 Å². The van der Waals surface area contributed by atoms with Crippen molar-refractivity contribution in [2.24, 2.45) is 0 Å². The van der Waals surface area contributed by atoms with E-state index in [0.29, 0.717) is 22.6 Å². The van der Waals surface area contributed by atoms with Crippen molar-refractivity contribution >= 4 is 43.3 Å². The van der Waals surface area contributed by atoms with Gasteiger partial charge in [0.2, 0.25) is 16.0 Å². The summed E-state index contributed by atoms with van der Waals surface area (Å²) >= 11 is 0. The second-order valence-corrected chi connectivity index (χ2v) is 10.8. The Balaban J connectivity index is 1.70. The summed E-state index contributed by atoms with van der Waals surface area (Å²) in [5.74, 6) is -0.480. The monoisotopic (exact) mass is 501 g/mol. The largest absolute Gasteiger partial charge is 0.322 e. The van der Waals surface area contributed by atoms with Crippen LogP contribution in [0.15, 0.2) is 78.3 Å². The summed E-state index contributed by atoms with van der Waals surface area (Å²) in [5, 5.41) is 2.67. The number of nitrogens with zero attached hydrogens (tertiary/aromatic N) is 3. The Kier molecular flexibility index (Phi) is 7.32. The van der Waals surface area contributed by atoms with Crippen LogP contribution in [0.2, 0.25) is 0 Å². The van der Waals surface area contributed by atoms with Gasteiger partial charge in [-0.15, -0.1) is 6.58 Å². The fraction of sp³-hybridized carbons (Fsp3) is 0.136. The minimum absolute atomic E-state index is 0.0250. The number of benzene rings is 2. The molecule has 0 bridgehead atoms. The summed E-state index contributed by atoms with van der Waals surface area (Å²) in [5.41, 5.74) is 1.69. The maximum atomic E-state index is 12.6. The molecule has 0 unspecified atom stereocenters. The Morgan fingerprint density at radius 2 is 1.68 bits per heavy atom. The molecule has 0 fully saturated rings. The maximum absolute atomic E-state index is 12.6. The fourth-order valence-electron chi connectivity index (χ4n) is 2.93. The van der Waals surface area contributed by atoms with Crippen LogP contribution in [0.25, 0.3) is 0 Å². The third-order valence-electron chi connectivity index (χ3n) is 4.56. The van der Waals surface area contributed by atoms with Gasteiger partial charge in [0.1, 0.15) is 0 Å². The van der Waals surface area contributed by atoms with Crippen LogP contribution in [0.4, 0.5) is 17.3 Å². The highest BCUT2D eigenvalue weighted by atomic mass is 32.2. The van der Waals surface area contributed by atoms with E-state index >= 15 is 0 Å². The molecule has 1 heterocycles. The van der Waals surface area contributed by atoms with Gasteiger partial charge < -0.3 is 5.32 Å². The number of rotatable bonds is 9. The zero-order valence-corrected chi connectivity index (χ0v) is 20.1. The molecule has 2 aromatic carbocycles. The highest BCUT2D eigenvalue weighted by Crippen LogP contribution is 2.20. The van der Waals surface area contributed by atoms with E-state index < -0.39 is 26.0 Å². The van der Waals surface area contributed by atoms with Gasteiger partial charge in [0.25, 0.3) is 15.9 Å². The summed E-state index contributed by atoms with van der Waals surface area (Å²) in [4.78, 5) is 20.4. The summed E-state index contributed by atoms with van der Waals surface area (Å²) in [7, 11) is -7.41. The summed E-state index contributed by atoms with van der Waals surface area (Å²) in [6, 6.07) is 13.3. The van der Waals surface area contributed by atoms with Crippen molar-refractivity contribution in [2.45, 2.75) is 11.8 Å². The normalized spacial score (nSPS) is 11.5. The minimum Gasteiger partial charge on any atom is -0.322 e. The molecule has 3 aromatic rings. The molecule has 1 aromatic heterocycles. The zero-order valence-electron chi connectivity index (χ0n) is 18.5. The molecule has 0 radical (unpaired) electrons. The number of carbonyl (C=O) groups is 1. The number of hydrogen-bond donors (Lipinski definition) is 2. The van der Waals surface area contributed by atoms with Gasteiger partial charge in [-0.3, -0.25) is 9.10 Å². The molecule has 34 heavy (non-hydrogen) atoms. The molecular weight excluding hydrogens is 478 g/mol. The lowest BCUT2D eigenvalue weighted by Crippen LogP contribution is -2.29. The van der Waals surface area contributed by atoms with Crippen molar-refractivity contribution in [2.75, 3.05) is 27.1 Å². The average Bonchev–Trinajstić information content (AvgIpc) is 2.77. The molecule has 0 aliphatic carbocycles. The van der Waals surface area contributed by atoms with Crippen molar-refractivity contribution in [3.05, 3.63) is 84.7 Å². The molecule has 2 N–H and O–H groups in total. The number of carbonyl (C=O) groups excluding carboxylic acids is 1.